The van der Waals surface area contributed by atoms with Gasteiger partial charge in [0.25, 0.3) is 0 Å². The van der Waals surface area contributed by atoms with Gasteiger partial charge in [0.2, 0.25) is 0 Å². The Morgan fingerprint density at radius 2 is 2.00 bits per heavy atom. The molecule has 0 spiro atoms. The molecule has 80 valence electrons. The van der Waals surface area contributed by atoms with E-state index < -0.39 is 0 Å². The summed E-state index contributed by atoms with van der Waals surface area (Å²) in [6, 6.07) is 13.6. The average molecular weight is 209 g/mol. The van der Waals surface area contributed by atoms with Gasteiger partial charge in [-0.05, 0) is 48.2 Å². The predicted molar refractivity (Wildman–Crippen MR) is 67.4 cm³/mol. The maximum atomic E-state index is 5.54. The Labute approximate surface area is 96.5 Å². The Bertz CT molecular complexity index is 516. The molecule has 0 amide bonds. The van der Waals surface area contributed by atoms with Crippen molar-refractivity contribution in [3.05, 3.63) is 54.4 Å². The zero-order valence-electron chi connectivity index (χ0n) is 9.24. The molecule has 1 atom stereocenters. The summed E-state index contributed by atoms with van der Waals surface area (Å²) in [7, 11) is 0. The van der Waals surface area contributed by atoms with Crippen LogP contribution in [0.2, 0.25) is 0 Å². The SMILES string of the molecule is [CH]CNC1Cc2ccc3ccccc3c2C1. The van der Waals surface area contributed by atoms with Crippen LogP contribution in [-0.2, 0) is 12.8 Å². The Morgan fingerprint density at radius 3 is 2.88 bits per heavy atom. The van der Waals surface area contributed by atoms with Crippen molar-refractivity contribution >= 4 is 10.8 Å². The van der Waals surface area contributed by atoms with Gasteiger partial charge in [-0.25, -0.2) is 0 Å². The second-order valence-corrected chi connectivity index (χ2v) is 4.44. The molecular formula is C15H15N. The van der Waals surface area contributed by atoms with Crippen molar-refractivity contribution in [3.63, 3.8) is 0 Å². The van der Waals surface area contributed by atoms with Crippen LogP contribution < -0.4 is 5.32 Å². The number of benzene rings is 2. The van der Waals surface area contributed by atoms with Gasteiger partial charge in [0.1, 0.15) is 0 Å². The first-order chi connectivity index (χ1) is 7.88. The molecule has 0 aromatic heterocycles. The molecule has 0 aliphatic heterocycles. The van der Waals surface area contributed by atoms with Crippen LogP contribution in [0.3, 0.4) is 0 Å². The molecule has 0 saturated heterocycles. The summed E-state index contributed by atoms with van der Waals surface area (Å²) >= 11 is 0. The number of hydrogen-bond acceptors (Lipinski definition) is 1. The molecule has 1 nitrogen and oxygen atoms in total. The third-order valence-electron chi connectivity index (χ3n) is 3.46. The maximum Gasteiger partial charge on any atom is 0.0148 e. The first-order valence-electron chi connectivity index (χ1n) is 5.81. The molecule has 0 bridgehead atoms. The fourth-order valence-corrected chi connectivity index (χ4v) is 2.71. The molecule has 1 aliphatic rings. The summed E-state index contributed by atoms with van der Waals surface area (Å²) in [6.45, 7) is 6.11. The molecule has 16 heavy (non-hydrogen) atoms. The molecule has 1 N–H and O–H groups in total. The van der Waals surface area contributed by atoms with Crippen LogP contribution in [0.4, 0.5) is 0 Å². The van der Waals surface area contributed by atoms with Crippen LogP contribution in [0.15, 0.2) is 36.4 Å². The van der Waals surface area contributed by atoms with Crippen LogP contribution in [0, 0.1) is 6.92 Å². The normalized spacial score (nSPS) is 18.9. The smallest absolute Gasteiger partial charge is 0.0148 e. The van der Waals surface area contributed by atoms with Crippen LogP contribution in [0.1, 0.15) is 11.1 Å². The highest BCUT2D eigenvalue weighted by Gasteiger charge is 2.21. The summed E-state index contributed by atoms with van der Waals surface area (Å²) in [6.07, 6.45) is 2.21. The second kappa shape index (κ2) is 3.91. The lowest BCUT2D eigenvalue weighted by Crippen LogP contribution is -2.29. The molecule has 3 rings (SSSR count). The monoisotopic (exact) mass is 209 g/mol. The zero-order valence-corrected chi connectivity index (χ0v) is 9.24. The topological polar surface area (TPSA) is 12.0 Å². The van der Waals surface area contributed by atoms with E-state index in [1.165, 1.54) is 21.9 Å². The Kier molecular flexibility index (Phi) is 2.41. The van der Waals surface area contributed by atoms with Crippen LogP contribution >= 0.6 is 0 Å². The van der Waals surface area contributed by atoms with Gasteiger partial charge in [0.15, 0.2) is 0 Å². The van der Waals surface area contributed by atoms with Gasteiger partial charge in [-0.2, -0.15) is 0 Å². The van der Waals surface area contributed by atoms with Gasteiger partial charge >= 0.3 is 0 Å². The summed E-state index contributed by atoms with van der Waals surface area (Å²) < 4.78 is 0. The summed E-state index contributed by atoms with van der Waals surface area (Å²) in [5.41, 5.74) is 2.98. The summed E-state index contributed by atoms with van der Waals surface area (Å²) in [5, 5.41) is 6.08. The van der Waals surface area contributed by atoms with E-state index >= 15 is 0 Å². The predicted octanol–water partition coefficient (Wildman–Crippen LogP) is 2.61. The maximum absolute atomic E-state index is 5.54. The van der Waals surface area contributed by atoms with E-state index in [2.05, 4.69) is 41.7 Å². The second-order valence-electron chi connectivity index (χ2n) is 4.44. The zero-order chi connectivity index (χ0) is 11.0. The van der Waals surface area contributed by atoms with Crippen molar-refractivity contribution in [2.75, 3.05) is 6.54 Å². The molecule has 1 aliphatic carbocycles. The van der Waals surface area contributed by atoms with Crippen LogP contribution in [0.25, 0.3) is 10.8 Å². The van der Waals surface area contributed by atoms with E-state index in [1.54, 1.807) is 0 Å². The number of hydrogen-bond donors (Lipinski definition) is 1. The van der Waals surface area contributed by atoms with Crippen LogP contribution in [-0.4, -0.2) is 12.6 Å². The number of rotatable bonds is 2. The van der Waals surface area contributed by atoms with Crippen molar-refractivity contribution in [2.45, 2.75) is 18.9 Å². The summed E-state index contributed by atoms with van der Waals surface area (Å²) in [5.74, 6) is 0. The highest BCUT2D eigenvalue weighted by molar-refractivity contribution is 5.87. The molecule has 2 aromatic rings. The minimum absolute atomic E-state index is 0.519. The third kappa shape index (κ3) is 1.52. The van der Waals surface area contributed by atoms with E-state index in [0.29, 0.717) is 12.6 Å². The van der Waals surface area contributed by atoms with Gasteiger partial charge in [0.05, 0.1) is 0 Å². The van der Waals surface area contributed by atoms with E-state index in [9.17, 15) is 0 Å². The van der Waals surface area contributed by atoms with E-state index in [4.69, 9.17) is 6.92 Å². The molecule has 2 aromatic carbocycles. The Hall–Kier alpha value is -1.34. The molecule has 1 heteroatoms. The van der Waals surface area contributed by atoms with Crippen LogP contribution in [0.5, 0.6) is 0 Å². The Balaban J connectivity index is 2.07. The quantitative estimate of drug-likeness (QED) is 0.801. The lowest BCUT2D eigenvalue weighted by molar-refractivity contribution is 0.566. The molecule has 0 saturated carbocycles. The highest BCUT2D eigenvalue weighted by atomic mass is 14.9. The van der Waals surface area contributed by atoms with Crippen molar-refractivity contribution in [3.8, 4) is 0 Å². The molecule has 2 radical (unpaired) electrons. The first-order valence-corrected chi connectivity index (χ1v) is 5.81. The minimum atomic E-state index is 0.519. The number of nitrogens with one attached hydrogen (secondary N) is 1. The molecule has 1 unspecified atom stereocenters. The first kappa shape index (κ1) is 9.86. The standard InChI is InChI=1S/C15H15N/c1-2-16-13-9-12-8-7-11-5-3-4-6-14(11)15(12)10-13/h1,3-8,13,16H,2,9-10H2. The largest absolute Gasteiger partial charge is 0.313 e. The Morgan fingerprint density at radius 1 is 1.12 bits per heavy atom. The van der Waals surface area contributed by atoms with Gasteiger partial charge in [-0.15, -0.1) is 0 Å². The lowest BCUT2D eigenvalue weighted by atomic mass is 10.0. The van der Waals surface area contributed by atoms with Gasteiger partial charge < -0.3 is 5.32 Å². The van der Waals surface area contributed by atoms with Gasteiger partial charge in [-0.3, -0.25) is 0 Å². The van der Waals surface area contributed by atoms with Crippen molar-refractivity contribution in [2.24, 2.45) is 0 Å². The number of fused-ring (bicyclic) bond motifs is 3. The molecule has 0 fully saturated rings. The molecular weight excluding hydrogens is 194 g/mol. The van der Waals surface area contributed by atoms with Gasteiger partial charge in [0, 0.05) is 6.04 Å². The van der Waals surface area contributed by atoms with Crippen molar-refractivity contribution in [1.29, 1.82) is 0 Å². The summed E-state index contributed by atoms with van der Waals surface area (Å²) in [4.78, 5) is 0. The fraction of sp³-hybridized carbons (Fsp3) is 0.267. The van der Waals surface area contributed by atoms with Crippen molar-refractivity contribution < 1.29 is 0 Å². The van der Waals surface area contributed by atoms with Crippen molar-refractivity contribution in [1.82, 2.24) is 5.32 Å². The lowest BCUT2D eigenvalue weighted by Gasteiger charge is -2.08. The van der Waals surface area contributed by atoms with E-state index in [-0.39, 0.29) is 0 Å². The average Bonchev–Trinajstić information content (AvgIpc) is 2.72. The van der Waals surface area contributed by atoms with E-state index in [0.717, 1.165) is 12.8 Å². The fourth-order valence-electron chi connectivity index (χ4n) is 2.71. The third-order valence-corrected chi connectivity index (χ3v) is 3.46. The van der Waals surface area contributed by atoms with Gasteiger partial charge in [-0.1, -0.05) is 36.4 Å². The van der Waals surface area contributed by atoms with E-state index in [1.807, 2.05) is 0 Å². The highest BCUT2D eigenvalue weighted by Crippen LogP contribution is 2.29. The molecule has 0 heterocycles. The minimum Gasteiger partial charge on any atom is -0.313 e.